The van der Waals surface area contributed by atoms with Gasteiger partial charge in [0, 0.05) is 0 Å². The predicted molar refractivity (Wildman–Crippen MR) is 111 cm³/mol. The van der Waals surface area contributed by atoms with Gasteiger partial charge in [0.1, 0.15) is 0 Å². The molecule has 140 valence electrons. The predicted octanol–water partition coefficient (Wildman–Crippen LogP) is 4.46. The minimum atomic E-state index is 0.906. The third-order valence-electron chi connectivity index (χ3n) is 5.65. The maximum atomic E-state index is 3.40. The molecular weight excluding hydrogens is 316 g/mol. The number of nitrogens with one attached hydrogen (secondary N) is 2. The third-order valence-corrected chi connectivity index (χ3v) is 5.65. The smallest absolute Gasteiger partial charge is 0.00462 e. The van der Waals surface area contributed by atoms with Crippen molar-refractivity contribution in [3.8, 4) is 0 Å². The van der Waals surface area contributed by atoms with E-state index in [0.717, 1.165) is 11.8 Å². The molecule has 2 aromatic rings. The molecular formula is C24H34N2. The van der Waals surface area contributed by atoms with Crippen molar-refractivity contribution >= 4 is 0 Å². The molecule has 2 nitrogen and oxygen atoms in total. The van der Waals surface area contributed by atoms with Crippen LogP contribution in [0.25, 0.3) is 0 Å². The van der Waals surface area contributed by atoms with Crippen LogP contribution in [0.2, 0.25) is 0 Å². The number of hydrogen-bond donors (Lipinski definition) is 2. The van der Waals surface area contributed by atoms with Crippen LogP contribution in [-0.2, 0) is 12.8 Å². The number of benzene rings is 2. The van der Waals surface area contributed by atoms with Crippen LogP contribution < -0.4 is 10.6 Å². The standard InChI is InChI=1S/2C12H17N/c2*1-2-4-11(5-3-1)10-12-6-8-13-9-7-12/h2*1-5,12-13H,6-10H2. The van der Waals surface area contributed by atoms with Crippen molar-refractivity contribution in [3.63, 3.8) is 0 Å². The molecule has 0 radical (unpaired) electrons. The number of hydrogen-bond acceptors (Lipinski definition) is 2. The summed E-state index contributed by atoms with van der Waals surface area (Å²) >= 11 is 0. The van der Waals surface area contributed by atoms with Gasteiger partial charge in [0.2, 0.25) is 0 Å². The van der Waals surface area contributed by atoms with E-state index in [-0.39, 0.29) is 0 Å². The van der Waals surface area contributed by atoms with E-state index in [1.807, 2.05) is 0 Å². The molecule has 2 N–H and O–H groups in total. The Morgan fingerprint density at radius 3 is 1.23 bits per heavy atom. The summed E-state index contributed by atoms with van der Waals surface area (Å²) < 4.78 is 0. The van der Waals surface area contributed by atoms with Crippen molar-refractivity contribution in [1.29, 1.82) is 0 Å². The van der Waals surface area contributed by atoms with E-state index in [1.165, 1.54) is 75.8 Å². The van der Waals surface area contributed by atoms with Crippen LogP contribution >= 0.6 is 0 Å². The molecule has 0 saturated carbocycles. The molecule has 0 atom stereocenters. The lowest BCUT2D eigenvalue weighted by atomic mass is 9.91. The first-order valence-electron chi connectivity index (χ1n) is 10.4. The second-order valence-corrected chi connectivity index (χ2v) is 7.77. The summed E-state index contributed by atoms with van der Waals surface area (Å²) in [6.07, 6.45) is 7.90. The summed E-state index contributed by atoms with van der Waals surface area (Å²) in [5.41, 5.74) is 2.99. The van der Waals surface area contributed by atoms with Crippen molar-refractivity contribution in [2.45, 2.75) is 38.5 Å². The highest BCUT2D eigenvalue weighted by Crippen LogP contribution is 2.18. The van der Waals surface area contributed by atoms with Gasteiger partial charge in [-0.25, -0.2) is 0 Å². The normalized spacial score (nSPS) is 18.8. The van der Waals surface area contributed by atoms with Gasteiger partial charge in [0.05, 0.1) is 0 Å². The van der Waals surface area contributed by atoms with Gasteiger partial charge in [0.25, 0.3) is 0 Å². The molecule has 2 aromatic carbocycles. The average Bonchev–Trinajstić information content (AvgIpc) is 2.72. The Kier molecular flexibility index (Phi) is 8.21. The van der Waals surface area contributed by atoms with Crippen molar-refractivity contribution in [2.24, 2.45) is 11.8 Å². The summed E-state index contributed by atoms with van der Waals surface area (Å²) in [7, 11) is 0. The average molecular weight is 351 g/mol. The van der Waals surface area contributed by atoms with Crippen molar-refractivity contribution in [2.75, 3.05) is 26.2 Å². The van der Waals surface area contributed by atoms with E-state index in [2.05, 4.69) is 71.3 Å². The quantitative estimate of drug-likeness (QED) is 0.851. The van der Waals surface area contributed by atoms with Gasteiger partial charge in [-0.3, -0.25) is 0 Å². The minimum absolute atomic E-state index is 0.906. The Morgan fingerprint density at radius 2 is 0.885 bits per heavy atom. The summed E-state index contributed by atoms with van der Waals surface area (Å²) in [5, 5.41) is 6.80. The molecule has 2 fully saturated rings. The second-order valence-electron chi connectivity index (χ2n) is 7.77. The molecule has 2 aliphatic rings. The second kappa shape index (κ2) is 11.2. The van der Waals surface area contributed by atoms with Crippen LogP contribution in [0.15, 0.2) is 60.7 Å². The van der Waals surface area contributed by atoms with Crippen molar-refractivity contribution in [3.05, 3.63) is 71.8 Å². The van der Waals surface area contributed by atoms with E-state index in [9.17, 15) is 0 Å². The zero-order valence-electron chi connectivity index (χ0n) is 16.0. The fourth-order valence-corrected chi connectivity index (χ4v) is 4.07. The molecule has 2 saturated heterocycles. The molecule has 4 rings (SSSR count). The first kappa shape index (κ1) is 19.1. The molecule has 2 heteroatoms. The van der Waals surface area contributed by atoms with E-state index < -0.39 is 0 Å². The molecule has 0 spiro atoms. The summed E-state index contributed by atoms with van der Waals surface area (Å²) in [5.74, 6) is 1.81. The lowest BCUT2D eigenvalue weighted by Crippen LogP contribution is -2.28. The summed E-state index contributed by atoms with van der Waals surface area (Å²) in [4.78, 5) is 0. The van der Waals surface area contributed by atoms with Crippen LogP contribution in [-0.4, -0.2) is 26.2 Å². The highest BCUT2D eigenvalue weighted by atomic mass is 14.9. The Balaban J connectivity index is 0.000000151. The Bertz CT molecular complexity index is 529. The maximum Gasteiger partial charge on any atom is -0.00462 e. The van der Waals surface area contributed by atoms with E-state index >= 15 is 0 Å². The van der Waals surface area contributed by atoms with Gasteiger partial charge in [-0.15, -0.1) is 0 Å². The molecule has 0 amide bonds. The highest BCUT2D eigenvalue weighted by molar-refractivity contribution is 5.16. The fraction of sp³-hybridized carbons (Fsp3) is 0.500. The molecule has 0 aromatic heterocycles. The zero-order valence-corrected chi connectivity index (χ0v) is 16.0. The van der Waals surface area contributed by atoms with Crippen LogP contribution in [0.1, 0.15) is 36.8 Å². The van der Waals surface area contributed by atoms with Crippen molar-refractivity contribution < 1.29 is 0 Å². The Hall–Kier alpha value is -1.64. The van der Waals surface area contributed by atoms with E-state index in [1.54, 1.807) is 0 Å². The molecule has 0 aliphatic carbocycles. The monoisotopic (exact) mass is 350 g/mol. The molecule has 0 unspecified atom stereocenters. The van der Waals surface area contributed by atoms with Gasteiger partial charge in [-0.05, 0) is 87.7 Å². The lowest BCUT2D eigenvalue weighted by Gasteiger charge is -2.22. The topological polar surface area (TPSA) is 24.1 Å². The molecule has 2 aliphatic heterocycles. The van der Waals surface area contributed by atoms with Crippen LogP contribution in [0.3, 0.4) is 0 Å². The Labute approximate surface area is 159 Å². The number of piperidine rings is 2. The van der Waals surface area contributed by atoms with E-state index in [4.69, 9.17) is 0 Å². The van der Waals surface area contributed by atoms with Crippen molar-refractivity contribution in [1.82, 2.24) is 10.6 Å². The van der Waals surface area contributed by atoms with Gasteiger partial charge in [0.15, 0.2) is 0 Å². The van der Waals surface area contributed by atoms with Crippen LogP contribution in [0.4, 0.5) is 0 Å². The number of rotatable bonds is 4. The molecule has 0 bridgehead atoms. The SMILES string of the molecule is c1ccc(CC2CCNCC2)cc1.c1ccc(CC2CCNCC2)cc1. The van der Waals surface area contributed by atoms with Gasteiger partial charge >= 0.3 is 0 Å². The van der Waals surface area contributed by atoms with Gasteiger partial charge in [-0.1, -0.05) is 60.7 Å². The first-order valence-corrected chi connectivity index (χ1v) is 10.4. The van der Waals surface area contributed by atoms with Crippen LogP contribution in [0, 0.1) is 11.8 Å². The van der Waals surface area contributed by atoms with E-state index in [0.29, 0.717) is 0 Å². The molecule has 2 heterocycles. The fourth-order valence-electron chi connectivity index (χ4n) is 4.07. The molecule has 26 heavy (non-hydrogen) atoms. The largest absolute Gasteiger partial charge is 0.317 e. The summed E-state index contributed by atoms with van der Waals surface area (Å²) in [6.45, 7) is 4.82. The van der Waals surface area contributed by atoms with Crippen LogP contribution in [0.5, 0.6) is 0 Å². The highest BCUT2D eigenvalue weighted by Gasteiger charge is 2.13. The maximum absolute atomic E-state index is 3.40. The first-order chi connectivity index (χ1) is 12.9. The third kappa shape index (κ3) is 6.93. The lowest BCUT2D eigenvalue weighted by molar-refractivity contribution is 0.372. The van der Waals surface area contributed by atoms with Gasteiger partial charge < -0.3 is 10.6 Å². The minimum Gasteiger partial charge on any atom is -0.317 e. The summed E-state index contributed by atoms with van der Waals surface area (Å²) in [6, 6.07) is 21.7. The zero-order chi connectivity index (χ0) is 17.9. The van der Waals surface area contributed by atoms with Gasteiger partial charge in [-0.2, -0.15) is 0 Å². The Morgan fingerprint density at radius 1 is 0.538 bits per heavy atom.